The van der Waals surface area contributed by atoms with E-state index in [4.69, 9.17) is 5.14 Å². The van der Waals surface area contributed by atoms with Crippen molar-refractivity contribution in [3.05, 3.63) is 35.4 Å². The van der Waals surface area contributed by atoms with E-state index in [0.717, 1.165) is 39.1 Å². The Labute approximate surface area is 137 Å². The second-order valence-electron chi connectivity index (χ2n) is 6.60. The fraction of sp³-hybridized carbons (Fsp3) is 0.647. The number of hydrogen-bond donors (Lipinski definition) is 1. The predicted molar refractivity (Wildman–Crippen MR) is 94.0 cm³/mol. The van der Waals surface area contributed by atoms with Gasteiger partial charge in [0.05, 0.1) is 11.0 Å². The molecule has 0 spiro atoms. The molecule has 0 aliphatic carbocycles. The van der Waals surface area contributed by atoms with Crippen LogP contribution in [-0.4, -0.2) is 52.5 Å². The van der Waals surface area contributed by atoms with E-state index in [9.17, 15) is 4.21 Å². The molecule has 0 aromatic heterocycles. The Hall–Kier alpha value is -0.750. The van der Waals surface area contributed by atoms with Crippen molar-refractivity contribution in [1.82, 2.24) is 9.80 Å². The molecule has 1 aromatic carbocycles. The van der Waals surface area contributed by atoms with Gasteiger partial charge in [-0.3, -0.25) is 10.0 Å². The van der Waals surface area contributed by atoms with E-state index in [2.05, 4.69) is 48.0 Å². The first-order chi connectivity index (χ1) is 10.5. The Morgan fingerprint density at radius 3 is 2.27 bits per heavy atom. The maximum Gasteiger partial charge on any atom is 0.0917 e. The number of nitrogens with two attached hydrogens (primary N) is 1. The number of hydrogen-bond acceptors (Lipinski definition) is 3. The molecular weight excluding hydrogens is 294 g/mol. The molecule has 1 aliphatic heterocycles. The fourth-order valence-electron chi connectivity index (χ4n) is 2.94. The van der Waals surface area contributed by atoms with Crippen LogP contribution in [0.4, 0.5) is 0 Å². The lowest BCUT2D eigenvalue weighted by atomic mass is 9.95. The second kappa shape index (κ2) is 8.20. The van der Waals surface area contributed by atoms with Crippen molar-refractivity contribution in [2.24, 2.45) is 5.14 Å². The van der Waals surface area contributed by atoms with E-state index in [-0.39, 0.29) is 5.25 Å². The molecular formula is C17H29N3OS. The van der Waals surface area contributed by atoms with Crippen molar-refractivity contribution in [3.8, 4) is 0 Å². The van der Waals surface area contributed by atoms with Gasteiger partial charge in [0.15, 0.2) is 0 Å². The summed E-state index contributed by atoms with van der Waals surface area (Å²) >= 11 is 0. The van der Waals surface area contributed by atoms with Crippen molar-refractivity contribution < 1.29 is 4.21 Å². The average Bonchev–Trinajstić information content (AvgIpc) is 2.50. The molecule has 3 atom stereocenters. The van der Waals surface area contributed by atoms with E-state index in [1.54, 1.807) is 0 Å². The third-order valence-electron chi connectivity index (χ3n) is 4.63. The Balaban J connectivity index is 1.88. The molecule has 4 nitrogen and oxygen atoms in total. The molecule has 124 valence electrons. The van der Waals surface area contributed by atoms with Gasteiger partial charge >= 0.3 is 0 Å². The highest BCUT2D eigenvalue weighted by molar-refractivity contribution is 7.83. The molecule has 0 bridgehead atoms. The summed E-state index contributed by atoms with van der Waals surface area (Å²) < 4.78 is 11.3. The highest BCUT2D eigenvalue weighted by atomic mass is 32.2. The normalized spacial score (nSPS) is 21.5. The Morgan fingerprint density at radius 2 is 1.73 bits per heavy atom. The molecule has 1 aromatic rings. The van der Waals surface area contributed by atoms with E-state index in [1.165, 1.54) is 11.1 Å². The quantitative estimate of drug-likeness (QED) is 0.870. The van der Waals surface area contributed by atoms with Gasteiger partial charge in [0.1, 0.15) is 0 Å². The van der Waals surface area contributed by atoms with Gasteiger partial charge in [-0.15, -0.1) is 0 Å². The zero-order valence-corrected chi connectivity index (χ0v) is 14.8. The molecule has 1 aliphatic rings. The summed E-state index contributed by atoms with van der Waals surface area (Å²) in [5.74, 6) is 0.389. The van der Waals surface area contributed by atoms with Crippen molar-refractivity contribution >= 4 is 11.0 Å². The van der Waals surface area contributed by atoms with Gasteiger partial charge < -0.3 is 4.90 Å². The Bertz CT molecular complexity index is 483. The van der Waals surface area contributed by atoms with E-state index < -0.39 is 11.0 Å². The highest BCUT2D eigenvalue weighted by Crippen LogP contribution is 2.22. The third kappa shape index (κ3) is 5.16. The van der Waals surface area contributed by atoms with Crippen LogP contribution in [0.2, 0.25) is 0 Å². The molecule has 0 amide bonds. The van der Waals surface area contributed by atoms with Gasteiger partial charge in [0, 0.05) is 38.0 Å². The largest absolute Gasteiger partial charge is 0.304 e. The molecule has 1 heterocycles. The van der Waals surface area contributed by atoms with Crippen LogP contribution in [-0.2, 0) is 17.5 Å². The van der Waals surface area contributed by atoms with Crippen molar-refractivity contribution in [3.63, 3.8) is 0 Å². The zero-order valence-electron chi connectivity index (χ0n) is 14.0. The Kier molecular flexibility index (Phi) is 6.56. The van der Waals surface area contributed by atoms with Gasteiger partial charge in [0.25, 0.3) is 0 Å². The van der Waals surface area contributed by atoms with Gasteiger partial charge in [0.2, 0.25) is 0 Å². The van der Waals surface area contributed by atoms with Crippen LogP contribution in [0.1, 0.15) is 37.3 Å². The lowest BCUT2D eigenvalue weighted by molar-refractivity contribution is 0.148. The van der Waals surface area contributed by atoms with Crippen LogP contribution in [0.25, 0.3) is 0 Å². The lowest BCUT2D eigenvalue weighted by Crippen LogP contribution is -2.43. The van der Waals surface area contributed by atoms with E-state index in [1.807, 2.05) is 6.92 Å². The SMILES string of the molecule is CC(C[C@H](C)c1ccc(CN2CCN(C)CC2)cc1)S(N)=O. The summed E-state index contributed by atoms with van der Waals surface area (Å²) in [6, 6.07) is 8.88. The maximum absolute atomic E-state index is 11.3. The summed E-state index contributed by atoms with van der Waals surface area (Å²) in [6.07, 6.45) is 0.862. The van der Waals surface area contributed by atoms with Crippen molar-refractivity contribution in [2.75, 3.05) is 33.2 Å². The molecule has 2 unspecified atom stereocenters. The molecule has 0 radical (unpaired) electrons. The molecule has 0 saturated carbocycles. The van der Waals surface area contributed by atoms with Gasteiger partial charge in [-0.1, -0.05) is 31.2 Å². The van der Waals surface area contributed by atoms with Gasteiger partial charge in [-0.25, -0.2) is 4.21 Å². The Morgan fingerprint density at radius 1 is 1.14 bits per heavy atom. The van der Waals surface area contributed by atoms with E-state index >= 15 is 0 Å². The minimum absolute atomic E-state index is 0.0417. The number of benzene rings is 1. The molecule has 22 heavy (non-hydrogen) atoms. The van der Waals surface area contributed by atoms with Crippen LogP contribution in [0.5, 0.6) is 0 Å². The highest BCUT2D eigenvalue weighted by Gasteiger charge is 2.15. The van der Waals surface area contributed by atoms with Crippen LogP contribution < -0.4 is 5.14 Å². The summed E-state index contributed by atoms with van der Waals surface area (Å²) in [7, 11) is 0.956. The molecule has 5 heteroatoms. The number of likely N-dealkylation sites (N-methyl/N-ethyl adjacent to an activating group) is 1. The average molecular weight is 324 g/mol. The number of piperazine rings is 1. The topological polar surface area (TPSA) is 49.6 Å². The van der Waals surface area contributed by atoms with Gasteiger partial charge in [-0.2, -0.15) is 0 Å². The summed E-state index contributed by atoms with van der Waals surface area (Å²) in [6.45, 7) is 9.77. The summed E-state index contributed by atoms with van der Waals surface area (Å²) in [5.41, 5.74) is 2.68. The third-order valence-corrected chi connectivity index (χ3v) is 5.62. The molecule has 2 rings (SSSR count). The molecule has 1 fully saturated rings. The monoisotopic (exact) mass is 323 g/mol. The number of nitrogens with zero attached hydrogens (tertiary/aromatic N) is 2. The van der Waals surface area contributed by atoms with Crippen LogP contribution in [0.3, 0.4) is 0 Å². The molecule has 2 N–H and O–H groups in total. The van der Waals surface area contributed by atoms with Crippen LogP contribution in [0, 0.1) is 0 Å². The van der Waals surface area contributed by atoms with Gasteiger partial charge in [-0.05, 0) is 37.4 Å². The standard InChI is InChI=1S/C17H29N3OS/c1-14(12-15(2)22(18)21)17-6-4-16(5-7-17)13-20-10-8-19(3)9-11-20/h4-7,14-15H,8-13,18H2,1-3H3/t14-,15?,22?/m0/s1. The summed E-state index contributed by atoms with van der Waals surface area (Å²) in [5, 5.41) is 5.51. The van der Waals surface area contributed by atoms with Crippen molar-refractivity contribution in [1.29, 1.82) is 0 Å². The van der Waals surface area contributed by atoms with Crippen LogP contribution >= 0.6 is 0 Å². The lowest BCUT2D eigenvalue weighted by Gasteiger charge is -2.32. The predicted octanol–water partition coefficient (Wildman–Crippen LogP) is 1.94. The first-order valence-electron chi connectivity index (χ1n) is 8.10. The molecule has 1 saturated heterocycles. The fourth-order valence-corrected chi connectivity index (χ4v) is 3.42. The minimum Gasteiger partial charge on any atom is -0.304 e. The zero-order chi connectivity index (χ0) is 16.1. The van der Waals surface area contributed by atoms with Crippen molar-refractivity contribution in [2.45, 2.75) is 38.0 Å². The smallest absolute Gasteiger partial charge is 0.0917 e. The minimum atomic E-state index is -1.23. The first kappa shape index (κ1) is 17.6. The second-order valence-corrected chi connectivity index (χ2v) is 8.06. The van der Waals surface area contributed by atoms with E-state index in [0.29, 0.717) is 5.92 Å². The summed E-state index contributed by atoms with van der Waals surface area (Å²) in [4.78, 5) is 4.89. The maximum atomic E-state index is 11.3. The van der Waals surface area contributed by atoms with Crippen LogP contribution in [0.15, 0.2) is 24.3 Å². The number of rotatable bonds is 6. The first-order valence-corrected chi connectivity index (χ1v) is 9.38.